The van der Waals surface area contributed by atoms with Gasteiger partial charge in [0.2, 0.25) is 0 Å². The molecule has 586 valence electrons. The molecule has 0 saturated heterocycles. The summed E-state index contributed by atoms with van der Waals surface area (Å²) in [6.45, 7) is 4.50. The second kappa shape index (κ2) is 74.7. The summed E-state index contributed by atoms with van der Waals surface area (Å²) in [4.78, 5) is 73.0. The lowest BCUT2D eigenvalue weighted by atomic mass is 10.0. The molecule has 5 atom stereocenters. The number of unbranched alkanes of at least 4 members (excludes halogenated alkanes) is 28. The Labute approximate surface area is 619 Å². The lowest BCUT2D eigenvalue weighted by molar-refractivity contribution is -0.161. The molecule has 17 nitrogen and oxygen atoms in total. The molecule has 0 heterocycles. The molecular formula is C83H142O17P2. The molecule has 0 rings (SSSR count). The molecule has 102 heavy (non-hydrogen) atoms. The molecule has 19 heteroatoms. The van der Waals surface area contributed by atoms with Crippen molar-refractivity contribution in [2.45, 2.75) is 341 Å². The van der Waals surface area contributed by atoms with Gasteiger partial charge in [-0.25, -0.2) is 9.13 Å². The fraction of sp³-hybridized carbons (Fsp3) is 0.711. The minimum Gasteiger partial charge on any atom is -0.462 e. The standard InChI is InChI=1S/C83H142O17P2/c1-5-9-13-17-21-25-29-33-36-38-41-45-48-52-56-60-64-68-81(86)94-74-79(100-83(88)70-66-62-58-54-50-46-42-39-37-34-30-26-22-18-14-10-6-2)76-98-102(91,92)96-72-77(84)71-95-101(89,90)97-75-78(99-82(87)69-65-61-57-53-49-43-32-28-24-20-16-12-8-4)73-93-80(85)67-63-59-55-51-47-44-40-35-31-27-23-19-15-11-7-3/h9-11,13-15,21-23,25-27,33-37,40,47,51,77-79,84H,5-8,12,16-20,24,28-32,38-39,41-46,48-50,52-76H2,1-4H3,(H,89,90)(H,91,92)/b13-9-,14-10-,15-11-,25-21-,26-22-,27-23-,36-33-,37-34-,40-35-,51-47-. The smallest absolute Gasteiger partial charge is 0.462 e. The highest BCUT2D eigenvalue weighted by Crippen LogP contribution is 2.45. The Morgan fingerprint density at radius 3 is 0.804 bits per heavy atom. The van der Waals surface area contributed by atoms with E-state index in [9.17, 15) is 43.2 Å². The normalized spacial score (nSPS) is 14.5. The van der Waals surface area contributed by atoms with Crippen molar-refractivity contribution >= 4 is 39.5 Å². The second-order valence-corrected chi connectivity index (χ2v) is 29.1. The first-order chi connectivity index (χ1) is 49.7. The monoisotopic (exact) mass is 1470 g/mol. The topological polar surface area (TPSA) is 237 Å². The van der Waals surface area contributed by atoms with Crippen LogP contribution in [0.15, 0.2) is 122 Å². The van der Waals surface area contributed by atoms with E-state index in [4.69, 9.17) is 37.0 Å². The van der Waals surface area contributed by atoms with E-state index in [2.05, 4.69) is 149 Å². The van der Waals surface area contributed by atoms with Gasteiger partial charge in [0.1, 0.15) is 19.3 Å². The summed E-state index contributed by atoms with van der Waals surface area (Å²) in [7, 11) is -9.97. The first-order valence-corrected chi connectivity index (χ1v) is 42.8. The lowest BCUT2D eigenvalue weighted by Gasteiger charge is -2.21. The summed E-state index contributed by atoms with van der Waals surface area (Å²) in [5, 5.41) is 10.6. The zero-order valence-corrected chi connectivity index (χ0v) is 65.8. The molecule has 0 aliphatic rings. The third-order valence-electron chi connectivity index (χ3n) is 16.4. The number of carbonyl (C=O) groups excluding carboxylic acids is 4. The summed E-state index contributed by atoms with van der Waals surface area (Å²) < 4.78 is 68.6. The van der Waals surface area contributed by atoms with Crippen LogP contribution in [0.1, 0.15) is 323 Å². The van der Waals surface area contributed by atoms with Crippen LogP contribution in [0.3, 0.4) is 0 Å². The number of aliphatic hydroxyl groups excluding tert-OH is 1. The van der Waals surface area contributed by atoms with Crippen LogP contribution in [0, 0.1) is 0 Å². The Hall–Kier alpha value is -4.54. The van der Waals surface area contributed by atoms with Gasteiger partial charge in [0.05, 0.1) is 26.4 Å². The van der Waals surface area contributed by atoms with Crippen molar-refractivity contribution < 1.29 is 80.2 Å². The molecule has 0 fully saturated rings. The lowest BCUT2D eigenvalue weighted by Crippen LogP contribution is -2.30. The SMILES string of the molecule is CC/C=C\C/C=C\C/C=C\C/C=C\CCCCC(=O)OCC(COP(=O)(O)OCC(O)COP(=O)(O)OCC(COC(=O)CCCCCCCCC/C=C\C/C=C\C/C=C\CC)OC(=O)CCCCCCCCC/C=C\C/C=C\C/C=C\CC)OC(=O)CCCCCCCCCCCCCCC. The summed E-state index contributed by atoms with van der Waals surface area (Å²) in [5.74, 6) is -2.23. The van der Waals surface area contributed by atoms with Crippen molar-refractivity contribution in [3.8, 4) is 0 Å². The van der Waals surface area contributed by atoms with E-state index >= 15 is 0 Å². The highest BCUT2D eigenvalue weighted by Gasteiger charge is 2.30. The highest BCUT2D eigenvalue weighted by molar-refractivity contribution is 7.47. The number of allylic oxidation sites excluding steroid dienone is 20. The molecule has 0 amide bonds. The molecule has 5 unspecified atom stereocenters. The number of esters is 4. The first-order valence-electron chi connectivity index (χ1n) is 39.8. The van der Waals surface area contributed by atoms with Gasteiger partial charge in [-0.3, -0.25) is 37.3 Å². The molecule has 0 aromatic rings. The van der Waals surface area contributed by atoms with Crippen molar-refractivity contribution in [3.63, 3.8) is 0 Å². The fourth-order valence-electron chi connectivity index (χ4n) is 10.5. The highest BCUT2D eigenvalue weighted by atomic mass is 31.2. The van der Waals surface area contributed by atoms with Crippen molar-refractivity contribution in [1.82, 2.24) is 0 Å². The molecular weight excluding hydrogens is 1330 g/mol. The Balaban J connectivity index is 5.39. The van der Waals surface area contributed by atoms with Crippen molar-refractivity contribution in [2.24, 2.45) is 0 Å². The van der Waals surface area contributed by atoms with Gasteiger partial charge in [-0.1, -0.05) is 290 Å². The Bertz CT molecular complexity index is 2410. The van der Waals surface area contributed by atoms with E-state index in [0.717, 1.165) is 193 Å². The van der Waals surface area contributed by atoms with Crippen LogP contribution >= 0.6 is 15.6 Å². The largest absolute Gasteiger partial charge is 0.472 e. The Morgan fingerprint density at radius 1 is 0.284 bits per heavy atom. The second-order valence-electron chi connectivity index (χ2n) is 26.2. The molecule has 0 aromatic carbocycles. The van der Waals surface area contributed by atoms with E-state index < -0.39 is 97.5 Å². The Kier molecular flexibility index (Phi) is 71.4. The molecule has 0 saturated carbocycles. The molecule has 0 aromatic heterocycles. The van der Waals surface area contributed by atoms with E-state index in [-0.39, 0.29) is 25.7 Å². The predicted octanol–water partition coefficient (Wildman–Crippen LogP) is 23.1. The van der Waals surface area contributed by atoms with Crippen molar-refractivity contribution in [3.05, 3.63) is 122 Å². The van der Waals surface area contributed by atoms with Crippen LogP contribution in [0.5, 0.6) is 0 Å². The molecule has 3 N–H and O–H groups in total. The number of ether oxygens (including phenoxy) is 4. The van der Waals surface area contributed by atoms with Gasteiger partial charge in [-0.15, -0.1) is 0 Å². The average molecular weight is 1470 g/mol. The van der Waals surface area contributed by atoms with Gasteiger partial charge >= 0.3 is 39.5 Å². The maximum atomic E-state index is 13.1. The summed E-state index contributed by atoms with van der Waals surface area (Å²) >= 11 is 0. The minimum absolute atomic E-state index is 0.0790. The van der Waals surface area contributed by atoms with Crippen molar-refractivity contribution in [2.75, 3.05) is 39.6 Å². The first kappa shape index (κ1) is 97.5. The van der Waals surface area contributed by atoms with E-state index in [1.165, 1.54) is 51.4 Å². The maximum Gasteiger partial charge on any atom is 0.472 e. The van der Waals surface area contributed by atoms with Crippen molar-refractivity contribution in [1.29, 1.82) is 0 Å². The van der Waals surface area contributed by atoms with Crippen LogP contribution in [0.2, 0.25) is 0 Å². The summed E-state index contributed by atoms with van der Waals surface area (Å²) in [6, 6.07) is 0. The van der Waals surface area contributed by atoms with Gasteiger partial charge < -0.3 is 33.8 Å². The molecule has 0 aliphatic heterocycles. The van der Waals surface area contributed by atoms with Crippen LogP contribution in [0.4, 0.5) is 0 Å². The number of hydrogen-bond donors (Lipinski definition) is 3. The van der Waals surface area contributed by atoms with Gasteiger partial charge in [0.15, 0.2) is 12.2 Å². The van der Waals surface area contributed by atoms with Gasteiger partial charge in [0, 0.05) is 25.7 Å². The van der Waals surface area contributed by atoms with E-state index in [1.807, 2.05) is 0 Å². The number of hydrogen-bond acceptors (Lipinski definition) is 15. The summed E-state index contributed by atoms with van der Waals surface area (Å²) in [6.07, 6.45) is 81.8. The van der Waals surface area contributed by atoms with E-state index in [1.54, 1.807) is 0 Å². The number of aliphatic hydroxyl groups is 1. The zero-order valence-electron chi connectivity index (χ0n) is 64.0. The van der Waals surface area contributed by atoms with E-state index in [0.29, 0.717) is 25.7 Å². The van der Waals surface area contributed by atoms with Crippen LogP contribution in [-0.4, -0.2) is 96.7 Å². The predicted molar refractivity (Wildman–Crippen MR) is 418 cm³/mol. The van der Waals surface area contributed by atoms with Gasteiger partial charge in [-0.05, 0) is 128 Å². The maximum absolute atomic E-state index is 13.1. The van der Waals surface area contributed by atoms with Gasteiger partial charge in [0.25, 0.3) is 0 Å². The van der Waals surface area contributed by atoms with Gasteiger partial charge in [-0.2, -0.15) is 0 Å². The van der Waals surface area contributed by atoms with Crippen LogP contribution < -0.4 is 0 Å². The summed E-state index contributed by atoms with van der Waals surface area (Å²) in [5.41, 5.74) is 0. The number of phosphoric ester groups is 2. The van der Waals surface area contributed by atoms with Crippen LogP contribution in [-0.2, 0) is 65.4 Å². The third-order valence-corrected chi connectivity index (χ3v) is 18.3. The average Bonchev–Trinajstić information content (AvgIpc) is 0.908. The molecule has 0 spiro atoms. The quantitative estimate of drug-likeness (QED) is 0.0169. The third kappa shape index (κ3) is 73.8. The van der Waals surface area contributed by atoms with Crippen LogP contribution in [0.25, 0.3) is 0 Å². The molecule has 0 aliphatic carbocycles. The number of carbonyl (C=O) groups is 4. The molecule has 0 bridgehead atoms. The molecule has 0 radical (unpaired) electrons. The number of phosphoric acid groups is 2. The minimum atomic E-state index is -4.99. The number of rotatable bonds is 74. The zero-order chi connectivity index (χ0) is 74.6. The Morgan fingerprint density at radius 2 is 0.510 bits per heavy atom. The fourth-order valence-corrected chi connectivity index (χ4v) is 12.1.